The number of nitrogens with one attached hydrogen (secondary N) is 1. The Morgan fingerprint density at radius 3 is 2.62 bits per heavy atom. The lowest BCUT2D eigenvalue weighted by Gasteiger charge is -2.39. The quantitative estimate of drug-likeness (QED) is 0.411. The fraction of sp³-hybridized carbons (Fsp3) is 0.562. The van der Waals surface area contributed by atoms with Gasteiger partial charge in [-0.2, -0.15) is 0 Å². The fourth-order valence-corrected chi connectivity index (χ4v) is 4.02. The summed E-state index contributed by atoms with van der Waals surface area (Å²) in [7, 11) is -1.40. The van der Waals surface area contributed by atoms with E-state index in [1.54, 1.807) is 40.0 Å². The Morgan fingerprint density at radius 1 is 1.42 bits per heavy atom. The summed E-state index contributed by atoms with van der Waals surface area (Å²) in [5.74, 6) is 0.562. The molecule has 1 saturated heterocycles. The van der Waals surface area contributed by atoms with Gasteiger partial charge >= 0.3 is 0 Å². The van der Waals surface area contributed by atoms with Crippen molar-refractivity contribution in [1.82, 2.24) is 10.2 Å². The maximum atomic E-state index is 13.3. The molecular formula is C16H25FIN3O2S. The summed E-state index contributed by atoms with van der Waals surface area (Å²) >= 11 is 0. The molecule has 136 valence electrons. The van der Waals surface area contributed by atoms with Gasteiger partial charge < -0.3 is 10.2 Å². The summed E-state index contributed by atoms with van der Waals surface area (Å²) in [6.07, 6.45) is 0. The number of halogens is 2. The second-order valence-corrected chi connectivity index (χ2v) is 9.23. The lowest BCUT2D eigenvalue weighted by Crippen LogP contribution is -2.57. The molecule has 0 atom stereocenters. The SMILES string of the molecule is CN=C(NCc1ccc(F)c(C)c1)N1CCS(=O)(=O)C(C)(C)C1.I. The molecule has 1 heterocycles. The van der Waals surface area contributed by atoms with Crippen LogP contribution in [0, 0.1) is 12.7 Å². The van der Waals surface area contributed by atoms with Gasteiger partial charge in [-0.3, -0.25) is 4.99 Å². The van der Waals surface area contributed by atoms with Crippen LogP contribution >= 0.6 is 24.0 Å². The summed E-state index contributed by atoms with van der Waals surface area (Å²) in [5, 5.41) is 3.23. The first-order valence-corrected chi connectivity index (χ1v) is 9.24. The van der Waals surface area contributed by atoms with Gasteiger partial charge in [0.2, 0.25) is 0 Å². The van der Waals surface area contributed by atoms with E-state index in [9.17, 15) is 12.8 Å². The lowest BCUT2D eigenvalue weighted by atomic mass is 10.1. The van der Waals surface area contributed by atoms with Crippen LogP contribution < -0.4 is 5.32 Å². The minimum atomic E-state index is -3.08. The minimum Gasteiger partial charge on any atom is -0.352 e. The van der Waals surface area contributed by atoms with Crippen LogP contribution in [0.1, 0.15) is 25.0 Å². The van der Waals surface area contributed by atoms with E-state index in [0.29, 0.717) is 31.2 Å². The van der Waals surface area contributed by atoms with Crippen LogP contribution in [0.25, 0.3) is 0 Å². The number of hydrogen-bond acceptors (Lipinski definition) is 3. The van der Waals surface area contributed by atoms with E-state index in [4.69, 9.17) is 0 Å². The number of sulfone groups is 1. The van der Waals surface area contributed by atoms with Crippen LogP contribution in [-0.4, -0.2) is 49.9 Å². The van der Waals surface area contributed by atoms with Gasteiger partial charge in [-0.15, -0.1) is 24.0 Å². The summed E-state index contributed by atoms with van der Waals surface area (Å²) in [6.45, 7) is 6.55. The zero-order chi connectivity index (χ0) is 17.3. The van der Waals surface area contributed by atoms with Crippen LogP contribution in [0.2, 0.25) is 0 Å². The molecule has 24 heavy (non-hydrogen) atoms. The van der Waals surface area contributed by atoms with Gasteiger partial charge in [-0.1, -0.05) is 12.1 Å². The topological polar surface area (TPSA) is 61.8 Å². The van der Waals surface area contributed by atoms with Gasteiger partial charge in [0.1, 0.15) is 5.82 Å². The number of benzene rings is 1. The molecule has 5 nitrogen and oxygen atoms in total. The Balaban J connectivity index is 0.00000288. The van der Waals surface area contributed by atoms with Crippen molar-refractivity contribution in [3.63, 3.8) is 0 Å². The Morgan fingerprint density at radius 2 is 2.08 bits per heavy atom. The van der Waals surface area contributed by atoms with Crippen molar-refractivity contribution >= 4 is 39.8 Å². The maximum Gasteiger partial charge on any atom is 0.193 e. The van der Waals surface area contributed by atoms with Gasteiger partial charge in [0.15, 0.2) is 15.8 Å². The first-order chi connectivity index (χ1) is 10.7. The Kier molecular flexibility index (Phi) is 7.04. The van der Waals surface area contributed by atoms with Crippen LogP contribution in [0.15, 0.2) is 23.2 Å². The Bertz CT molecular complexity index is 720. The molecule has 0 aliphatic carbocycles. The molecule has 0 spiro atoms. The molecule has 0 aromatic heterocycles. The van der Waals surface area contributed by atoms with E-state index in [1.165, 1.54) is 6.07 Å². The largest absolute Gasteiger partial charge is 0.352 e. The number of nitrogens with zero attached hydrogens (tertiary/aromatic N) is 2. The van der Waals surface area contributed by atoms with E-state index in [1.807, 2.05) is 4.90 Å². The molecule has 8 heteroatoms. The summed E-state index contributed by atoms with van der Waals surface area (Å²) in [5.41, 5.74) is 1.55. The zero-order valence-corrected chi connectivity index (χ0v) is 17.6. The Hall–Kier alpha value is -0.900. The van der Waals surface area contributed by atoms with Crippen LogP contribution in [0.3, 0.4) is 0 Å². The van der Waals surface area contributed by atoms with Crippen LogP contribution in [0.5, 0.6) is 0 Å². The first kappa shape index (κ1) is 21.1. The normalized spacial score (nSPS) is 19.5. The van der Waals surface area contributed by atoms with E-state index < -0.39 is 14.6 Å². The van der Waals surface area contributed by atoms with Crippen molar-refractivity contribution < 1.29 is 12.8 Å². The molecule has 0 saturated carbocycles. The molecule has 1 aromatic carbocycles. The second-order valence-electron chi connectivity index (χ2n) is 6.48. The molecule has 1 aliphatic heterocycles. The highest BCUT2D eigenvalue weighted by molar-refractivity contribution is 14.0. The third-order valence-electron chi connectivity index (χ3n) is 4.23. The summed E-state index contributed by atoms with van der Waals surface area (Å²) < 4.78 is 36.7. The summed E-state index contributed by atoms with van der Waals surface area (Å²) in [4.78, 5) is 6.20. The van der Waals surface area contributed by atoms with Crippen molar-refractivity contribution in [2.45, 2.75) is 32.1 Å². The number of aryl methyl sites for hydroxylation is 1. The first-order valence-electron chi connectivity index (χ1n) is 7.59. The number of guanidine groups is 1. The zero-order valence-electron chi connectivity index (χ0n) is 14.5. The third-order valence-corrected chi connectivity index (χ3v) is 6.76. The molecular weight excluding hydrogens is 444 g/mol. The van der Waals surface area contributed by atoms with Crippen molar-refractivity contribution in [2.24, 2.45) is 4.99 Å². The number of aliphatic imine (C=N–C) groups is 1. The number of hydrogen-bond donors (Lipinski definition) is 1. The molecule has 2 rings (SSSR count). The highest BCUT2D eigenvalue weighted by Crippen LogP contribution is 2.23. The molecule has 1 aliphatic rings. The van der Waals surface area contributed by atoms with Crippen molar-refractivity contribution in [3.8, 4) is 0 Å². The molecule has 0 bridgehead atoms. The highest BCUT2D eigenvalue weighted by Gasteiger charge is 2.40. The van der Waals surface area contributed by atoms with Gasteiger partial charge in [0.25, 0.3) is 0 Å². The third kappa shape index (κ3) is 4.59. The Labute approximate surface area is 160 Å². The monoisotopic (exact) mass is 469 g/mol. The predicted octanol–water partition coefficient (Wildman–Crippen LogP) is 2.34. The molecule has 0 amide bonds. The van der Waals surface area contributed by atoms with Gasteiger partial charge in [0, 0.05) is 26.7 Å². The standard InChI is InChI=1S/C16H24FN3O2S.HI/c1-12-9-13(5-6-14(12)17)10-19-15(18-4)20-7-8-23(21,22)16(2,3)11-20;/h5-6,9H,7-8,10-11H2,1-4H3,(H,18,19);1H. The molecule has 1 N–H and O–H groups in total. The minimum absolute atomic E-state index is 0. The smallest absolute Gasteiger partial charge is 0.193 e. The summed E-state index contributed by atoms with van der Waals surface area (Å²) in [6, 6.07) is 4.97. The van der Waals surface area contributed by atoms with E-state index in [2.05, 4.69) is 10.3 Å². The second kappa shape index (κ2) is 7.99. The van der Waals surface area contributed by atoms with E-state index >= 15 is 0 Å². The highest BCUT2D eigenvalue weighted by atomic mass is 127. The molecule has 0 unspecified atom stereocenters. The van der Waals surface area contributed by atoms with E-state index in [-0.39, 0.29) is 35.5 Å². The lowest BCUT2D eigenvalue weighted by molar-refractivity contribution is 0.353. The predicted molar refractivity (Wildman–Crippen MR) is 106 cm³/mol. The van der Waals surface area contributed by atoms with Gasteiger partial charge in [-0.05, 0) is 38.0 Å². The molecule has 0 radical (unpaired) electrons. The number of rotatable bonds is 2. The maximum absolute atomic E-state index is 13.3. The van der Waals surface area contributed by atoms with Crippen molar-refractivity contribution in [3.05, 3.63) is 35.1 Å². The van der Waals surface area contributed by atoms with Crippen molar-refractivity contribution in [1.29, 1.82) is 0 Å². The van der Waals surface area contributed by atoms with E-state index in [0.717, 1.165) is 5.56 Å². The van der Waals surface area contributed by atoms with Crippen LogP contribution in [0.4, 0.5) is 4.39 Å². The van der Waals surface area contributed by atoms with Crippen molar-refractivity contribution in [2.75, 3.05) is 25.9 Å². The average molecular weight is 469 g/mol. The van der Waals surface area contributed by atoms with Crippen LogP contribution in [-0.2, 0) is 16.4 Å². The average Bonchev–Trinajstić information content (AvgIpc) is 2.47. The molecule has 1 fully saturated rings. The van der Waals surface area contributed by atoms with Gasteiger partial charge in [0.05, 0.1) is 10.5 Å². The fourth-order valence-electron chi connectivity index (χ4n) is 2.65. The van der Waals surface area contributed by atoms with Gasteiger partial charge in [-0.25, -0.2) is 12.8 Å². The molecule has 1 aromatic rings.